The summed E-state index contributed by atoms with van der Waals surface area (Å²) in [6, 6.07) is 8.54. The average molecular weight is 283 g/mol. The molecule has 0 atom stereocenters. The third-order valence-electron chi connectivity index (χ3n) is 3.16. The molecule has 0 unspecified atom stereocenters. The Hall–Kier alpha value is -0.500. The van der Waals surface area contributed by atoms with Crippen LogP contribution in [0.4, 0.5) is 0 Å². The van der Waals surface area contributed by atoms with Crippen molar-refractivity contribution in [2.75, 3.05) is 5.33 Å². The van der Waals surface area contributed by atoms with Crippen molar-refractivity contribution in [2.24, 2.45) is 0 Å². The predicted molar refractivity (Wildman–Crippen MR) is 71.4 cm³/mol. The highest BCUT2D eigenvalue weighted by molar-refractivity contribution is 9.09. The molecule has 1 saturated carbocycles. The number of ether oxygens (including phenoxy) is 1. The third kappa shape index (κ3) is 3.51. The van der Waals surface area contributed by atoms with E-state index in [1.54, 1.807) is 0 Å². The van der Waals surface area contributed by atoms with Gasteiger partial charge in [-0.2, -0.15) is 0 Å². The van der Waals surface area contributed by atoms with E-state index < -0.39 is 0 Å². The first kappa shape index (κ1) is 12.0. The summed E-state index contributed by atoms with van der Waals surface area (Å²) in [5.41, 5.74) is 1.37. The van der Waals surface area contributed by atoms with Gasteiger partial charge < -0.3 is 4.74 Å². The molecule has 1 aromatic rings. The molecule has 1 aliphatic rings. The first-order valence-electron chi connectivity index (χ1n) is 6.20. The first-order valence-corrected chi connectivity index (χ1v) is 7.32. The minimum Gasteiger partial charge on any atom is -0.490 e. The fourth-order valence-electron chi connectivity index (χ4n) is 2.22. The SMILES string of the molecule is BrCCc1ccc(OC2CCCCC2)cc1. The molecule has 1 aromatic carbocycles. The van der Waals surface area contributed by atoms with E-state index in [-0.39, 0.29) is 0 Å². The lowest BCUT2D eigenvalue weighted by Gasteiger charge is -2.23. The zero-order chi connectivity index (χ0) is 11.2. The number of halogens is 1. The zero-order valence-corrected chi connectivity index (χ0v) is 11.2. The van der Waals surface area contributed by atoms with E-state index in [1.807, 2.05) is 0 Å². The van der Waals surface area contributed by atoms with Gasteiger partial charge in [0.15, 0.2) is 0 Å². The van der Waals surface area contributed by atoms with Gasteiger partial charge in [-0.15, -0.1) is 0 Å². The lowest BCUT2D eigenvalue weighted by Crippen LogP contribution is -2.19. The van der Waals surface area contributed by atoms with Crippen molar-refractivity contribution in [1.29, 1.82) is 0 Å². The number of aryl methyl sites for hydroxylation is 1. The highest BCUT2D eigenvalue weighted by Crippen LogP contribution is 2.23. The van der Waals surface area contributed by atoms with E-state index in [0.717, 1.165) is 17.5 Å². The summed E-state index contributed by atoms with van der Waals surface area (Å²) in [7, 11) is 0. The second-order valence-corrected chi connectivity index (χ2v) is 5.25. The largest absolute Gasteiger partial charge is 0.490 e. The molecule has 0 heterocycles. The van der Waals surface area contributed by atoms with Crippen LogP contribution in [0.1, 0.15) is 37.7 Å². The topological polar surface area (TPSA) is 9.23 Å². The smallest absolute Gasteiger partial charge is 0.119 e. The van der Waals surface area contributed by atoms with Gasteiger partial charge in [0.05, 0.1) is 6.10 Å². The minimum atomic E-state index is 0.454. The highest BCUT2D eigenvalue weighted by Gasteiger charge is 2.14. The molecule has 1 aliphatic carbocycles. The third-order valence-corrected chi connectivity index (χ3v) is 3.56. The maximum Gasteiger partial charge on any atom is 0.119 e. The molecule has 0 N–H and O–H groups in total. The average Bonchev–Trinajstić information content (AvgIpc) is 2.33. The molecule has 0 radical (unpaired) electrons. The molecule has 1 nitrogen and oxygen atoms in total. The predicted octanol–water partition coefficient (Wildman–Crippen LogP) is 4.34. The molecule has 1 fully saturated rings. The molecule has 16 heavy (non-hydrogen) atoms. The Morgan fingerprint density at radius 1 is 1.06 bits per heavy atom. The summed E-state index contributed by atoms with van der Waals surface area (Å²) >= 11 is 3.45. The Morgan fingerprint density at radius 2 is 1.75 bits per heavy atom. The fraction of sp³-hybridized carbons (Fsp3) is 0.571. The summed E-state index contributed by atoms with van der Waals surface area (Å²) in [6.07, 6.45) is 8.02. The van der Waals surface area contributed by atoms with E-state index >= 15 is 0 Å². The van der Waals surface area contributed by atoms with Crippen molar-refractivity contribution >= 4 is 15.9 Å². The molecule has 0 amide bonds. The van der Waals surface area contributed by atoms with Gasteiger partial charge >= 0.3 is 0 Å². The number of alkyl halides is 1. The highest BCUT2D eigenvalue weighted by atomic mass is 79.9. The number of hydrogen-bond donors (Lipinski definition) is 0. The summed E-state index contributed by atoms with van der Waals surface area (Å²) in [6.45, 7) is 0. The standard InChI is InChI=1S/C14H19BrO/c15-11-10-12-6-8-14(9-7-12)16-13-4-2-1-3-5-13/h6-9,13H,1-5,10-11H2. The molecule has 0 aliphatic heterocycles. The second kappa shape index (κ2) is 6.29. The van der Waals surface area contributed by atoms with Crippen molar-refractivity contribution in [3.8, 4) is 5.75 Å². The van der Waals surface area contributed by atoms with Crippen LogP contribution in [0.5, 0.6) is 5.75 Å². The summed E-state index contributed by atoms with van der Waals surface area (Å²) in [4.78, 5) is 0. The van der Waals surface area contributed by atoms with Gasteiger partial charge in [-0.1, -0.05) is 34.5 Å². The van der Waals surface area contributed by atoms with Crippen LogP contribution in [0.2, 0.25) is 0 Å². The summed E-state index contributed by atoms with van der Waals surface area (Å²) in [5, 5.41) is 1.02. The lowest BCUT2D eigenvalue weighted by atomic mass is 9.98. The summed E-state index contributed by atoms with van der Waals surface area (Å²) in [5.74, 6) is 1.03. The first-order chi connectivity index (χ1) is 7.88. The molecule has 2 rings (SSSR count). The minimum absolute atomic E-state index is 0.454. The normalized spacial score (nSPS) is 17.3. The van der Waals surface area contributed by atoms with E-state index in [4.69, 9.17) is 4.74 Å². The Labute approximate surface area is 106 Å². The Balaban J connectivity index is 1.88. The Kier molecular flexibility index (Phi) is 4.70. The van der Waals surface area contributed by atoms with Gasteiger partial charge in [-0.3, -0.25) is 0 Å². The monoisotopic (exact) mass is 282 g/mol. The molecule has 0 spiro atoms. The van der Waals surface area contributed by atoms with Gasteiger partial charge in [0.25, 0.3) is 0 Å². The van der Waals surface area contributed by atoms with Crippen LogP contribution >= 0.6 is 15.9 Å². The van der Waals surface area contributed by atoms with Crippen LogP contribution in [0.25, 0.3) is 0 Å². The van der Waals surface area contributed by atoms with E-state index in [2.05, 4.69) is 40.2 Å². The van der Waals surface area contributed by atoms with Crippen molar-refractivity contribution in [2.45, 2.75) is 44.6 Å². The maximum absolute atomic E-state index is 5.98. The number of hydrogen-bond acceptors (Lipinski definition) is 1. The van der Waals surface area contributed by atoms with Crippen LogP contribution < -0.4 is 4.74 Å². The second-order valence-electron chi connectivity index (χ2n) is 4.46. The van der Waals surface area contributed by atoms with Crippen molar-refractivity contribution in [1.82, 2.24) is 0 Å². The molecule has 0 bridgehead atoms. The molecular weight excluding hydrogens is 264 g/mol. The van der Waals surface area contributed by atoms with E-state index in [9.17, 15) is 0 Å². The van der Waals surface area contributed by atoms with Crippen LogP contribution in [0, 0.1) is 0 Å². The van der Waals surface area contributed by atoms with E-state index in [1.165, 1.54) is 37.7 Å². The maximum atomic E-state index is 5.98. The van der Waals surface area contributed by atoms with Gasteiger partial charge in [0, 0.05) is 5.33 Å². The lowest BCUT2D eigenvalue weighted by molar-refractivity contribution is 0.155. The van der Waals surface area contributed by atoms with E-state index in [0.29, 0.717) is 6.10 Å². The zero-order valence-electron chi connectivity index (χ0n) is 9.62. The van der Waals surface area contributed by atoms with Crippen molar-refractivity contribution in [3.63, 3.8) is 0 Å². The van der Waals surface area contributed by atoms with Crippen LogP contribution in [-0.2, 0) is 6.42 Å². The van der Waals surface area contributed by atoms with Crippen LogP contribution in [-0.4, -0.2) is 11.4 Å². The molecule has 2 heteroatoms. The Bertz CT molecular complexity index is 301. The molecular formula is C14H19BrO. The van der Waals surface area contributed by atoms with Gasteiger partial charge in [0.2, 0.25) is 0 Å². The van der Waals surface area contributed by atoms with Crippen molar-refractivity contribution in [3.05, 3.63) is 29.8 Å². The van der Waals surface area contributed by atoms with Gasteiger partial charge in [0.1, 0.15) is 5.75 Å². The summed E-state index contributed by atoms with van der Waals surface area (Å²) < 4.78 is 5.98. The van der Waals surface area contributed by atoms with Gasteiger partial charge in [-0.25, -0.2) is 0 Å². The van der Waals surface area contributed by atoms with Crippen LogP contribution in [0.15, 0.2) is 24.3 Å². The number of benzene rings is 1. The van der Waals surface area contributed by atoms with Crippen molar-refractivity contribution < 1.29 is 4.74 Å². The van der Waals surface area contributed by atoms with Crippen LogP contribution in [0.3, 0.4) is 0 Å². The Morgan fingerprint density at radius 3 is 2.38 bits per heavy atom. The number of rotatable bonds is 4. The quantitative estimate of drug-likeness (QED) is 0.747. The van der Waals surface area contributed by atoms with Gasteiger partial charge in [-0.05, 0) is 49.8 Å². The molecule has 88 valence electrons. The molecule has 0 aromatic heterocycles. The fourth-order valence-corrected chi connectivity index (χ4v) is 2.68. The molecule has 0 saturated heterocycles.